The lowest BCUT2D eigenvalue weighted by atomic mass is 9.80. The first-order valence-electron chi connectivity index (χ1n) is 14.1. The summed E-state index contributed by atoms with van der Waals surface area (Å²) in [6.07, 6.45) is 0. The molecule has 44 heavy (non-hydrogen) atoms. The van der Waals surface area contributed by atoms with Gasteiger partial charge in [0.25, 0.3) is 0 Å². The van der Waals surface area contributed by atoms with E-state index in [1.165, 1.54) is 0 Å². The van der Waals surface area contributed by atoms with Crippen LogP contribution >= 0.6 is 0 Å². The van der Waals surface area contributed by atoms with Crippen LogP contribution in [0, 0.1) is 0 Å². The van der Waals surface area contributed by atoms with E-state index in [2.05, 4.69) is 30.7 Å². The number of hydrogen-bond donors (Lipinski definition) is 1. The van der Waals surface area contributed by atoms with Crippen molar-refractivity contribution in [1.82, 2.24) is 0 Å². The van der Waals surface area contributed by atoms with E-state index < -0.39 is 5.60 Å². The summed E-state index contributed by atoms with van der Waals surface area (Å²) in [6, 6.07) is 50.9. The monoisotopic (exact) mass is 572 g/mol. The largest absolute Gasteiger partial charge is 0.376 e. The van der Waals surface area contributed by atoms with Gasteiger partial charge in [0.15, 0.2) is 0 Å². The van der Waals surface area contributed by atoms with Crippen LogP contribution in [0.4, 0.5) is 34.1 Å². The number of azo groups is 3. The van der Waals surface area contributed by atoms with Crippen molar-refractivity contribution < 1.29 is 5.11 Å². The van der Waals surface area contributed by atoms with Gasteiger partial charge < -0.3 is 5.11 Å². The molecule has 0 aliphatic heterocycles. The van der Waals surface area contributed by atoms with Gasteiger partial charge >= 0.3 is 0 Å². The number of benzene rings is 6. The highest BCUT2D eigenvalue weighted by Gasteiger charge is 2.34. The summed E-state index contributed by atoms with van der Waals surface area (Å²) in [5.74, 6) is 0. The zero-order chi connectivity index (χ0) is 30.0. The molecule has 7 heteroatoms. The highest BCUT2D eigenvalue weighted by molar-refractivity contribution is 5.54. The van der Waals surface area contributed by atoms with Gasteiger partial charge in [-0.1, -0.05) is 91.0 Å². The molecule has 0 spiro atoms. The first-order chi connectivity index (χ1) is 21.7. The van der Waals surface area contributed by atoms with Crippen molar-refractivity contribution in [2.24, 2.45) is 30.7 Å². The molecule has 212 valence electrons. The van der Waals surface area contributed by atoms with Gasteiger partial charge in [0.05, 0.1) is 34.1 Å². The minimum Gasteiger partial charge on any atom is -0.376 e. The minimum absolute atomic E-state index is 0.674. The van der Waals surface area contributed by atoms with Crippen molar-refractivity contribution in [2.75, 3.05) is 0 Å². The molecule has 0 aliphatic carbocycles. The minimum atomic E-state index is -1.47. The molecule has 0 aliphatic rings. The Balaban J connectivity index is 1.32. The summed E-state index contributed by atoms with van der Waals surface area (Å²) in [5, 5.41) is 38.5. The van der Waals surface area contributed by atoms with Crippen LogP contribution < -0.4 is 0 Å². The third-order valence-corrected chi connectivity index (χ3v) is 6.97. The summed E-state index contributed by atoms with van der Waals surface area (Å²) >= 11 is 0. The first-order valence-corrected chi connectivity index (χ1v) is 14.1. The molecule has 0 amide bonds. The Labute approximate surface area is 255 Å². The maximum Gasteiger partial charge on any atom is 0.140 e. The molecular formula is C37H28N6O. The molecule has 0 heterocycles. The van der Waals surface area contributed by atoms with Crippen LogP contribution in [0.25, 0.3) is 0 Å². The van der Waals surface area contributed by atoms with Crippen molar-refractivity contribution in [1.29, 1.82) is 0 Å². The quantitative estimate of drug-likeness (QED) is 0.135. The highest BCUT2D eigenvalue weighted by Crippen LogP contribution is 2.39. The van der Waals surface area contributed by atoms with Crippen LogP contribution in [-0.4, -0.2) is 5.11 Å². The molecule has 7 nitrogen and oxygen atoms in total. The van der Waals surface area contributed by atoms with Crippen LogP contribution in [0.15, 0.2) is 194 Å². The van der Waals surface area contributed by atoms with Gasteiger partial charge in [0.1, 0.15) is 5.60 Å². The Bertz CT molecular complexity index is 1650. The Kier molecular flexibility index (Phi) is 8.57. The summed E-state index contributed by atoms with van der Waals surface area (Å²) < 4.78 is 0. The topological polar surface area (TPSA) is 94.4 Å². The van der Waals surface area contributed by atoms with E-state index in [4.69, 9.17) is 0 Å². The fourth-order valence-corrected chi connectivity index (χ4v) is 4.64. The van der Waals surface area contributed by atoms with Crippen LogP contribution in [0.3, 0.4) is 0 Å². The standard InChI is InChI=1S/C37H28N6O/c44-37(28-16-22-34(23-17-28)41-38-31-10-4-1-5-11-31,29-18-24-35(25-19-29)42-39-32-12-6-2-7-13-32)30-20-26-36(27-21-30)43-40-33-14-8-3-9-15-33/h1-27,44H. The van der Waals surface area contributed by atoms with Gasteiger partial charge in [-0.15, -0.1) is 0 Å². The van der Waals surface area contributed by atoms with E-state index in [0.717, 1.165) is 17.1 Å². The number of nitrogens with zero attached hydrogens (tertiary/aromatic N) is 6. The van der Waals surface area contributed by atoms with E-state index >= 15 is 0 Å². The third-order valence-electron chi connectivity index (χ3n) is 6.97. The normalized spacial score (nSPS) is 13.0. The lowest BCUT2D eigenvalue weighted by molar-refractivity contribution is 0.126. The zero-order valence-electron chi connectivity index (χ0n) is 23.7. The van der Waals surface area contributed by atoms with Crippen molar-refractivity contribution >= 4 is 34.1 Å². The highest BCUT2D eigenvalue weighted by atomic mass is 16.3. The van der Waals surface area contributed by atoms with Crippen molar-refractivity contribution in [3.05, 3.63) is 180 Å². The Morgan fingerprint density at radius 1 is 0.273 bits per heavy atom. The van der Waals surface area contributed by atoms with Gasteiger partial charge in [-0.05, 0) is 89.5 Å². The molecule has 6 aromatic carbocycles. The third kappa shape index (κ3) is 6.75. The van der Waals surface area contributed by atoms with Crippen LogP contribution in [0.5, 0.6) is 0 Å². The molecule has 0 radical (unpaired) electrons. The second-order valence-electron chi connectivity index (χ2n) is 9.96. The SMILES string of the molecule is OC(c1ccc(N=Nc2ccccc2)cc1)(c1ccc(N=Nc2ccccc2)cc1)c1ccc(N=Nc2ccccc2)cc1. The maximum absolute atomic E-state index is 12.5. The van der Waals surface area contributed by atoms with Crippen LogP contribution in [0.2, 0.25) is 0 Å². The average molecular weight is 573 g/mol. The maximum atomic E-state index is 12.5. The lowest BCUT2D eigenvalue weighted by Crippen LogP contribution is -2.28. The van der Waals surface area contributed by atoms with E-state index in [-0.39, 0.29) is 0 Å². The Morgan fingerprint density at radius 3 is 0.705 bits per heavy atom. The average Bonchev–Trinajstić information content (AvgIpc) is 3.10. The zero-order valence-corrected chi connectivity index (χ0v) is 23.7. The molecule has 6 rings (SSSR count). The number of aliphatic hydroxyl groups is 1. The van der Waals surface area contributed by atoms with Crippen molar-refractivity contribution in [3.63, 3.8) is 0 Å². The lowest BCUT2D eigenvalue weighted by Gasteiger charge is -2.30. The molecule has 1 N–H and O–H groups in total. The molecule has 6 aromatic rings. The van der Waals surface area contributed by atoms with Gasteiger partial charge in [-0.2, -0.15) is 30.7 Å². The van der Waals surface area contributed by atoms with E-state index in [1.807, 2.05) is 164 Å². The van der Waals surface area contributed by atoms with Gasteiger partial charge in [0, 0.05) is 0 Å². The summed E-state index contributed by atoms with van der Waals surface area (Å²) in [6.45, 7) is 0. The number of hydrogen-bond acceptors (Lipinski definition) is 7. The van der Waals surface area contributed by atoms with Gasteiger partial charge in [0.2, 0.25) is 0 Å². The first kappa shape index (κ1) is 28.2. The smallest absolute Gasteiger partial charge is 0.140 e. The molecule has 0 saturated carbocycles. The van der Waals surface area contributed by atoms with E-state index in [9.17, 15) is 5.11 Å². The van der Waals surface area contributed by atoms with Crippen molar-refractivity contribution in [3.8, 4) is 0 Å². The predicted octanol–water partition coefficient (Wildman–Crippen LogP) is 11.2. The molecule has 0 atom stereocenters. The Morgan fingerprint density at radius 2 is 0.477 bits per heavy atom. The molecule has 0 fully saturated rings. The second kappa shape index (κ2) is 13.4. The van der Waals surface area contributed by atoms with E-state index in [0.29, 0.717) is 33.8 Å². The summed E-state index contributed by atoms with van der Waals surface area (Å²) in [4.78, 5) is 0. The summed E-state index contributed by atoms with van der Waals surface area (Å²) in [7, 11) is 0. The molecule has 0 aromatic heterocycles. The summed E-state index contributed by atoms with van der Waals surface area (Å²) in [5.41, 5.74) is 4.87. The second-order valence-corrected chi connectivity index (χ2v) is 9.96. The fraction of sp³-hybridized carbons (Fsp3) is 0.0270. The molecule has 0 saturated heterocycles. The van der Waals surface area contributed by atoms with Crippen molar-refractivity contribution in [2.45, 2.75) is 5.60 Å². The predicted molar refractivity (Wildman–Crippen MR) is 173 cm³/mol. The van der Waals surface area contributed by atoms with Crippen LogP contribution in [0.1, 0.15) is 16.7 Å². The molecule has 0 unspecified atom stereocenters. The van der Waals surface area contributed by atoms with Gasteiger partial charge in [-0.25, -0.2) is 0 Å². The molecular weight excluding hydrogens is 544 g/mol. The fourth-order valence-electron chi connectivity index (χ4n) is 4.64. The Hall–Kier alpha value is -5.92. The molecule has 0 bridgehead atoms. The van der Waals surface area contributed by atoms with Gasteiger partial charge in [-0.3, -0.25) is 0 Å². The van der Waals surface area contributed by atoms with Crippen LogP contribution in [-0.2, 0) is 5.60 Å². The van der Waals surface area contributed by atoms with E-state index in [1.54, 1.807) is 0 Å². The number of rotatable bonds is 9.